The Kier molecular flexibility index (Phi) is 3.98. The highest BCUT2D eigenvalue weighted by atomic mass is 32.2. The number of sulfonamides is 1. The maximum Gasteiger partial charge on any atom is 0.245 e. The van der Waals surface area contributed by atoms with Crippen LogP contribution >= 0.6 is 0 Å². The van der Waals surface area contributed by atoms with E-state index in [-0.39, 0.29) is 17.1 Å². The number of nitrogens with two attached hydrogens (primary N) is 2. The van der Waals surface area contributed by atoms with Crippen molar-refractivity contribution in [2.75, 3.05) is 19.3 Å². The van der Waals surface area contributed by atoms with Crippen LogP contribution in [0.25, 0.3) is 0 Å². The standard InChI is InChI=1S/C11H17N3O3S/c1-7-4-5-9(12)11(8(7)2)18(16,17)14(3)6-10(13)15/h4-5H,6,12H2,1-3H3,(H2,13,15). The minimum absolute atomic E-state index is 0.0336. The van der Waals surface area contributed by atoms with E-state index < -0.39 is 15.9 Å². The minimum Gasteiger partial charge on any atom is -0.398 e. The van der Waals surface area contributed by atoms with Crippen molar-refractivity contribution in [3.63, 3.8) is 0 Å². The fraction of sp³-hybridized carbons (Fsp3) is 0.364. The molecule has 1 aromatic rings. The van der Waals surface area contributed by atoms with E-state index in [1.165, 1.54) is 13.1 Å². The van der Waals surface area contributed by atoms with Crippen LogP contribution in [0.1, 0.15) is 11.1 Å². The first-order chi connectivity index (χ1) is 8.17. The Morgan fingerprint density at radius 3 is 2.39 bits per heavy atom. The van der Waals surface area contributed by atoms with Crippen molar-refractivity contribution in [1.29, 1.82) is 0 Å². The Hall–Kier alpha value is -1.60. The third-order valence-corrected chi connectivity index (χ3v) is 4.76. The van der Waals surface area contributed by atoms with Gasteiger partial charge in [0.15, 0.2) is 0 Å². The van der Waals surface area contributed by atoms with Gasteiger partial charge in [0.05, 0.1) is 12.2 Å². The van der Waals surface area contributed by atoms with Crippen LogP contribution in [-0.2, 0) is 14.8 Å². The second-order valence-corrected chi connectivity index (χ2v) is 6.13. The van der Waals surface area contributed by atoms with Gasteiger partial charge in [0.1, 0.15) is 4.90 Å². The number of primary amides is 1. The van der Waals surface area contributed by atoms with Gasteiger partial charge in [-0.15, -0.1) is 0 Å². The summed E-state index contributed by atoms with van der Waals surface area (Å²) in [5.41, 5.74) is 12.3. The van der Waals surface area contributed by atoms with E-state index in [0.717, 1.165) is 9.87 Å². The van der Waals surface area contributed by atoms with E-state index in [2.05, 4.69) is 0 Å². The monoisotopic (exact) mass is 271 g/mol. The van der Waals surface area contributed by atoms with Gasteiger partial charge in [-0.05, 0) is 31.0 Å². The molecule has 0 fully saturated rings. The first-order valence-electron chi connectivity index (χ1n) is 5.28. The summed E-state index contributed by atoms with van der Waals surface area (Å²) in [6.45, 7) is 3.09. The molecule has 0 aliphatic rings. The summed E-state index contributed by atoms with van der Waals surface area (Å²) in [7, 11) is -2.52. The molecule has 100 valence electrons. The van der Waals surface area contributed by atoms with Crippen LogP contribution in [0.2, 0.25) is 0 Å². The zero-order valence-electron chi connectivity index (χ0n) is 10.6. The second kappa shape index (κ2) is 4.95. The van der Waals surface area contributed by atoms with Gasteiger partial charge in [0.25, 0.3) is 0 Å². The van der Waals surface area contributed by atoms with Gasteiger partial charge < -0.3 is 11.5 Å². The van der Waals surface area contributed by atoms with Crippen LogP contribution in [0.15, 0.2) is 17.0 Å². The smallest absolute Gasteiger partial charge is 0.245 e. The molecule has 0 atom stereocenters. The highest BCUT2D eigenvalue weighted by Crippen LogP contribution is 2.27. The maximum absolute atomic E-state index is 12.3. The summed E-state index contributed by atoms with van der Waals surface area (Å²) in [6, 6.07) is 3.28. The van der Waals surface area contributed by atoms with Gasteiger partial charge in [0.2, 0.25) is 15.9 Å². The number of nitrogens with zero attached hydrogens (tertiary/aromatic N) is 1. The van der Waals surface area contributed by atoms with Crippen LogP contribution < -0.4 is 11.5 Å². The summed E-state index contributed by atoms with van der Waals surface area (Å²) in [4.78, 5) is 10.8. The minimum atomic E-state index is -3.81. The molecule has 1 aromatic carbocycles. The van der Waals surface area contributed by atoms with Gasteiger partial charge in [-0.2, -0.15) is 4.31 Å². The molecule has 0 spiro atoms. The Morgan fingerprint density at radius 2 is 1.89 bits per heavy atom. The summed E-state index contributed by atoms with van der Waals surface area (Å²) < 4.78 is 25.5. The van der Waals surface area contributed by atoms with E-state index in [9.17, 15) is 13.2 Å². The third kappa shape index (κ3) is 2.62. The molecule has 0 saturated heterocycles. The number of benzene rings is 1. The molecule has 0 bridgehead atoms. The van der Waals surface area contributed by atoms with Crippen molar-refractivity contribution >= 4 is 21.6 Å². The van der Waals surface area contributed by atoms with Gasteiger partial charge in [-0.3, -0.25) is 4.79 Å². The van der Waals surface area contributed by atoms with Crippen molar-refractivity contribution in [2.45, 2.75) is 18.7 Å². The number of hydrogen-bond acceptors (Lipinski definition) is 4. The zero-order valence-corrected chi connectivity index (χ0v) is 11.4. The van der Waals surface area contributed by atoms with Gasteiger partial charge in [-0.25, -0.2) is 8.42 Å². The molecular weight excluding hydrogens is 254 g/mol. The van der Waals surface area contributed by atoms with Gasteiger partial charge >= 0.3 is 0 Å². The SMILES string of the molecule is Cc1ccc(N)c(S(=O)(=O)N(C)CC(N)=O)c1C. The van der Waals surface area contributed by atoms with Crippen LogP contribution in [0.5, 0.6) is 0 Å². The number of anilines is 1. The molecule has 0 heterocycles. The average molecular weight is 271 g/mol. The highest BCUT2D eigenvalue weighted by Gasteiger charge is 2.26. The van der Waals surface area contributed by atoms with Crippen LogP contribution in [0.3, 0.4) is 0 Å². The number of carbonyl (C=O) groups is 1. The Balaban J connectivity index is 3.37. The van der Waals surface area contributed by atoms with E-state index in [0.29, 0.717) is 5.56 Å². The highest BCUT2D eigenvalue weighted by molar-refractivity contribution is 7.89. The second-order valence-electron chi connectivity index (χ2n) is 4.15. The lowest BCUT2D eigenvalue weighted by atomic mass is 10.1. The van der Waals surface area contributed by atoms with Crippen molar-refractivity contribution in [3.8, 4) is 0 Å². The number of amides is 1. The number of hydrogen-bond donors (Lipinski definition) is 2. The molecule has 0 unspecified atom stereocenters. The fourth-order valence-corrected chi connectivity index (χ4v) is 3.14. The Morgan fingerprint density at radius 1 is 1.33 bits per heavy atom. The molecule has 0 saturated carbocycles. The average Bonchev–Trinajstić information content (AvgIpc) is 2.22. The molecule has 4 N–H and O–H groups in total. The zero-order chi connectivity index (χ0) is 14.1. The quantitative estimate of drug-likeness (QED) is 0.751. The van der Waals surface area contributed by atoms with Crippen molar-refractivity contribution in [3.05, 3.63) is 23.3 Å². The van der Waals surface area contributed by atoms with E-state index in [1.807, 2.05) is 0 Å². The number of rotatable bonds is 4. The van der Waals surface area contributed by atoms with E-state index >= 15 is 0 Å². The summed E-state index contributed by atoms with van der Waals surface area (Å²) in [6.07, 6.45) is 0. The predicted octanol–water partition coefficient (Wildman–Crippen LogP) is -0.00856. The number of aryl methyl sites for hydroxylation is 1. The summed E-state index contributed by atoms with van der Waals surface area (Å²) >= 11 is 0. The van der Waals surface area contributed by atoms with E-state index in [4.69, 9.17) is 11.5 Å². The molecule has 1 amide bonds. The Bertz CT molecular complexity index is 581. The topological polar surface area (TPSA) is 106 Å². The van der Waals surface area contributed by atoms with Crippen LogP contribution in [0.4, 0.5) is 5.69 Å². The number of carbonyl (C=O) groups excluding carboxylic acids is 1. The lowest BCUT2D eigenvalue weighted by molar-refractivity contribution is -0.118. The lowest BCUT2D eigenvalue weighted by Gasteiger charge is -2.19. The largest absolute Gasteiger partial charge is 0.398 e. The fourth-order valence-electron chi connectivity index (χ4n) is 1.61. The molecular formula is C11H17N3O3S. The maximum atomic E-state index is 12.3. The van der Waals surface area contributed by atoms with E-state index in [1.54, 1.807) is 19.9 Å². The molecule has 0 aliphatic heterocycles. The van der Waals surface area contributed by atoms with Crippen molar-refractivity contribution in [2.24, 2.45) is 5.73 Å². The van der Waals surface area contributed by atoms with Crippen LogP contribution in [-0.4, -0.2) is 32.2 Å². The molecule has 7 heteroatoms. The lowest BCUT2D eigenvalue weighted by Crippen LogP contribution is -2.36. The summed E-state index contributed by atoms with van der Waals surface area (Å²) in [5, 5.41) is 0. The number of likely N-dealkylation sites (N-methyl/N-ethyl adjacent to an activating group) is 1. The first kappa shape index (κ1) is 14.5. The van der Waals surface area contributed by atoms with Crippen molar-refractivity contribution < 1.29 is 13.2 Å². The van der Waals surface area contributed by atoms with Crippen molar-refractivity contribution in [1.82, 2.24) is 4.31 Å². The van der Waals surface area contributed by atoms with Crippen LogP contribution in [0, 0.1) is 13.8 Å². The normalized spacial score (nSPS) is 11.8. The molecule has 1 rings (SSSR count). The summed E-state index contributed by atoms with van der Waals surface area (Å²) in [5.74, 6) is -0.718. The third-order valence-electron chi connectivity index (χ3n) is 2.75. The number of nitrogen functional groups attached to an aromatic ring is 1. The predicted molar refractivity (Wildman–Crippen MR) is 69.3 cm³/mol. The molecule has 6 nitrogen and oxygen atoms in total. The first-order valence-corrected chi connectivity index (χ1v) is 6.72. The van der Waals surface area contributed by atoms with Gasteiger partial charge in [-0.1, -0.05) is 6.07 Å². The molecule has 0 aliphatic carbocycles. The molecule has 18 heavy (non-hydrogen) atoms. The molecule has 0 radical (unpaired) electrons. The molecule has 0 aromatic heterocycles. The Labute approximate surface area is 107 Å². The van der Waals surface area contributed by atoms with Gasteiger partial charge in [0, 0.05) is 7.05 Å².